The normalized spacial score (nSPS) is 24.9. The first kappa shape index (κ1) is 13.8. The molecule has 1 N–H and O–H groups in total. The average Bonchev–Trinajstić information content (AvgIpc) is 2.76. The summed E-state index contributed by atoms with van der Waals surface area (Å²) in [5.74, 6) is -1.03. The molecule has 2 aliphatic rings. The van der Waals surface area contributed by atoms with Gasteiger partial charge < -0.3 is 9.84 Å². The van der Waals surface area contributed by atoms with Crippen LogP contribution in [0, 0.1) is 0 Å². The minimum Gasteiger partial charge on any atom is -0.480 e. The summed E-state index contributed by atoms with van der Waals surface area (Å²) in [4.78, 5) is 10.4. The highest BCUT2D eigenvalue weighted by Gasteiger charge is 2.48. The first-order valence-corrected chi connectivity index (χ1v) is 7.68. The zero-order valence-corrected chi connectivity index (χ0v) is 11.3. The van der Waals surface area contributed by atoms with E-state index in [-0.39, 0.29) is 24.9 Å². The molecule has 18 heavy (non-hydrogen) atoms. The fraction of sp³-hybridized carbons (Fsp3) is 0.909. The van der Waals surface area contributed by atoms with Crippen LogP contribution >= 0.6 is 0 Å². The number of nitrogens with zero attached hydrogens (tertiary/aromatic N) is 1. The second-order valence-corrected chi connectivity index (χ2v) is 7.56. The molecule has 0 unspecified atom stereocenters. The first-order valence-electron chi connectivity index (χ1n) is 6.18. The highest BCUT2D eigenvalue weighted by Crippen LogP contribution is 2.33. The maximum Gasteiger partial charge on any atom is 0.329 e. The third-order valence-electron chi connectivity index (χ3n) is 3.65. The molecule has 1 aliphatic carbocycles. The summed E-state index contributed by atoms with van der Waals surface area (Å²) in [7, 11) is -3.21. The summed E-state index contributed by atoms with van der Waals surface area (Å²) < 4.78 is 31.0. The number of aliphatic carboxylic acids is 1. The van der Waals surface area contributed by atoms with E-state index in [1.807, 2.05) is 0 Å². The molecule has 0 amide bonds. The highest BCUT2D eigenvalue weighted by molar-refractivity contribution is 7.89. The van der Waals surface area contributed by atoms with Crippen LogP contribution in [0.25, 0.3) is 0 Å². The van der Waals surface area contributed by atoms with Gasteiger partial charge in [0.25, 0.3) is 0 Å². The summed E-state index contributed by atoms with van der Waals surface area (Å²) in [5.41, 5.74) is -0.649. The van der Waals surface area contributed by atoms with Crippen molar-refractivity contribution in [3.63, 3.8) is 0 Å². The Bertz CT molecular complexity index is 421. The van der Waals surface area contributed by atoms with Crippen molar-refractivity contribution in [1.82, 2.24) is 4.31 Å². The van der Waals surface area contributed by atoms with Gasteiger partial charge in [0.1, 0.15) is 6.61 Å². The third-order valence-corrected chi connectivity index (χ3v) is 5.94. The molecule has 0 aromatic carbocycles. The Balaban J connectivity index is 1.89. The largest absolute Gasteiger partial charge is 0.480 e. The van der Waals surface area contributed by atoms with Gasteiger partial charge in [0.2, 0.25) is 10.0 Å². The zero-order chi connectivity index (χ0) is 13.4. The lowest BCUT2D eigenvalue weighted by Gasteiger charge is -2.47. The minimum absolute atomic E-state index is 0.249. The SMILES string of the molecule is CC1(OCC(=O)O)CN(S(=O)(=O)C2CCCC2)C1. The third kappa shape index (κ3) is 2.67. The number of rotatable bonds is 5. The molecule has 0 atom stereocenters. The molecule has 104 valence electrons. The monoisotopic (exact) mass is 277 g/mol. The fourth-order valence-electron chi connectivity index (χ4n) is 2.60. The van der Waals surface area contributed by atoms with Crippen LogP contribution in [-0.2, 0) is 19.6 Å². The summed E-state index contributed by atoms with van der Waals surface area (Å²) in [6, 6.07) is 0. The molecule has 2 fully saturated rings. The van der Waals surface area contributed by atoms with Crippen LogP contribution in [0.3, 0.4) is 0 Å². The topological polar surface area (TPSA) is 83.9 Å². The van der Waals surface area contributed by atoms with Crippen molar-refractivity contribution in [2.45, 2.75) is 43.5 Å². The number of ether oxygens (including phenoxy) is 1. The molecule has 0 aromatic rings. The Morgan fingerprint density at radius 3 is 2.44 bits per heavy atom. The van der Waals surface area contributed by atoms with Crippen molar-refractivity contribution >= 4 is 16.0 Å². The van der Waals surface area contributed by atoms with Crippen LogP contribution in [0.5, 0.6) is 0 Å². The number of carboxylic acids is 1. The molecule has 0 radical (unpaired) electrons. The van der Waals surface area contributed by atoms with E-state index in [9.17, 15) is 13.2 Å². The van der Waals surface area contributed by atoms with Gasteiger partial charge in [0, 0.05) is 13.1 Å². The summed E-state index contributed by atoms with van der Waals surface area (Å²) >= 11 is 0. The van der Waals surface area contributed by atoms with Gasteiger partial charge in [0.15, 0.2) is 0 Å². The van der Waals surface area contributed by atoms with Gasteiger partial charge in [-0.05, 0) is 19.8 Å². The Labute approximate surface area is 107 Å². The molecular formula is C11H19NO5S. The van der Waals surface area contributed by atoms with Crippen molar-refractivity contribution in [1.29, 1.82) is 0 Å². The van der Waals surface area contributed by atoms with Crippen LogP contribution in [-0.4, -0.2) is 54.3 Å². The van der Waals surface area contributed by atoms with E-state index in [1.54, 1.807) is 6.92 Å². The smallest absolute Gasteiger partial charge is 0.329 e. The van der Waals surface area contributed by atoms with E-state index >= 15 is 0 Å². The van der Waals surface area contributed by atoms with Crippen molar-refractivity contribution < 1.29 is 23.1 Å². The zero-order valence-electron chi connectivity index (χ0n) is 10.5. The Morgan fingerprint density at radius 2 is 1.94 bits per heavy atom. The van der Waals surface area contributed by atoms with E-state index in [4.69, 9.17) is 9.84 Å². The minimum atomic E-state index is -3.21. The van der Waals surface area contributed by atoms with Crippen LogP contribution in [0.15, 0.2) is 0 Å². The number of hydrogen-bond donors (Lipinski definition) is 1. The van der Waals surface area contributed by atoms with Crippen LogP contribution in [0.2, 0.25) is 0 Å². The molecule has 1 aliphatic heterocycles. The van der Waals surface area contributed by atoms with E-state index in [0.717, 1.165) is 25.7 Å². The fourth-order valence-corrected chi connectivity index (χ4v) is 4.86. The average molecular weight is 277 g/mol. The maximum absolute atomic E-state index is 12.2. The second kappa shape index (κ2) is 4.79. The van der Waals surface area contributed by atoms with Crippen molar-refractivity contribution in [2.24, 2.45) is 0 Å². The highest BCUT2D eigenvalue weighted by atomic mass is 32.2. The summed E-state index contributed by atoms with van der Waals surface area (Å²) in [6.45, 7) is 1.89. The van der Waals surface area contributed by atoms with Gasteiger partial charge in [-0.3, -0.25) is 0 Å². The number of carboxylic acid groups (broad SMARTS) is 1. The molecule has 0 spiro atoms. The van der Waals surface area contributed by atoms with Crippen LogP contribution in [0.1, 0.15) is 32.6 Å². The molecular weight excluding hydrogens is 258 g/mol. The van der Waals surface area contributed by atoms with Gasteiger partial charge in [-0.25, -0.2) is 13.2 Å². The lowest BCUT2D eigenvalue weighted by Crippen LogP contribution is -2.64. The standard InChI is InChI=1S/C11H19NO5S/c1-11(17-6-10(13)14)7-12(8-11)18(15,16)9-4-2-3-5-9/h9H,2-8H2,1H3,(H,13,14). The van der Waals surface area contributed by atoms with E-state index < -0.39 is 21.6 Å². The Hall–Kier alpha value is -0.660. The second-order valence-electron chi connectivity index (χ2n) is 5.35. The van der Waals surface area contributed by atoms with Crippen molar-refractivity contribution in [2.75, 3.05) is 19.7 Å². The molecule has 0 bridgehead atoms. The quantitative estimate of drug-likeness (QED) is 0.788. The number of carbonyl (C=O) groups is 1. The van der Waals surface area contributed by atoms with Gasteiger partial charge in [-0.2, -0.15) is 4.31 Å². The van der Waals surface area contributed by atoms with Gasteiger partial charge in [-0.15, -0.1) is 0 Å². The maximum atomic E-state index is 12.2. The lowest BCUT2D eigenvalue weighted by atomic mass is 10.0. The lowest BCUT2D eigenvalue weighted by molar-refractivity contribution is -0.157. The molecule has 0 aromatic heterocycles. The van der Waals surface area contributed by atoms with Crippen LogP contribution < -0.4 is 0 Å². The Kier molecular flexibility index (Phi) is 3.66. The Morgan fingerprint density at radius 1 is 1.39 bits per heavy atom. The molecule has 6 nitrogen and oxygen atoms in total. The molecule has 1 saturated heterocycles. The number of sulfonamides is 1. The predicted molar refractivity (Wildman–Crippen MR) is 64.7 cm³/mol. The molecule has 1 heterocycles. The number of hydrogen-bond acceptors (Lipinski definition) is 4. The van der Waals surface area contributed by atoms with E-state index in [0.29, 0.717) is 0 Å². The summed E-state index contributed by atoms with van der Waals surface area (Å²) in [5, 5.41) is 8.29. The van der Waals surface area contributed by atoms with Gasteiger partial charge >= 0.3 is 5.97 Å². The van der Waals surface area contributed by atoms with E-state index in [2.05, 4.69) is 0 Å². The van der Waals surface area contributed by atoms with Gasteiger partial charge in [-0.1, -0.05) is 12.8 Å². The summed E-state index contributed by atoms with van der Waals surface area (Å²) in [6.07, 6.45) is 3.44. The first-order chi connectivity index (χ1) is 8.33. The predicted octanol–water partition coefficient (Wildman–Crippen LogP) is 0.434. The van der Waals surface area contributed by atoms with Crippen molar-refractivity contribution in [3.8, 4) is 0 Å². The van der Waals surface area contributed by atoms with Gasteiger partial charge in [0.05, 0.1) is 10.9 Å². The van der Waals surface area contributed by atoms with E-state index in [1.165, 1.54) is 4.31 Å². The molecule has 2 rings (SSSR count). The van der Waals surface area contributed by atoms with Crippen LogP contribution in [0.4, 0.5) is 0 Å². The molecule has 7 heteroatoms. The van der Waals surface area contributed by atoms with Crippen molar-refractivity contribution in [3.05, 3.63) is 0 Å². The molecule has 1 saturated carbocycles.